The van der Waals surface area contributed by atoms with E-state index < -0.39 is 23.2 Å². The number of halogens is 2. The Morgan fingerprint density at radius 3 is 2.86 bits per heavy atom. The molecule has 2 aromatic heterocycles. The van der Waals surface area contributed by atoms with Gasteiger partial charge in [0.2, 0.25) is 0 Å². The van der Waals surface area contributed by atoms with Crippen molar-refractivity contribution in [2.24, 2.45) is 7.05 Å². The number of carbonyl (C=O) groups is 1. The van der Waals surface area contributed by atoms with Crippen molar-refractivity contribution in [2.75, 3.05) is 5.32 Å². The second-order valence-electron chi connectivity index (χ2n) is 4.34. The van der Waals surface area contributed by atoms with Crippen LogP contribution in [0.15, 0.2) is 29.3 Å². The molecule has 0 saturated heterocycles. The lowest BCUT2D eigenvalue weighted by atomic mass is 10.3. The zero-order valence-electron chi connectivity index (χ0n) is 11.1. The minimum Gasteiger partial charge on any atom is -0.318 e. The number of benzene rings is 1. The summed E-state index contributed by atoms with van der Waals surface area (Å²) in [5, 5.41) is 9.40. The Morgan fingerprint density at radius 2 is 2.09 bits per heavy atom. The number of amides is 1. The maximum absolute atomic E-state index is 13.5. The molecule has 1 amide bonds. The minimum atomic E-state index is -1.19. The molecule has 0 spiro atoms. The Kier molecular flexibility index (Phi) is 3.13. The molecule has 22 heavy (non-hydrogen) atoms. The number of hydrogen-bond acceptors (Lipinski definition) is 5. The van der Waals surface area contributed by atoms with Gasteiger partial charge in [0.25, 0.3) is 5.91 Å². The van der Waals surface area contributed by atoms with Crippen molar-refractivity contribution < 1.29 is 13.6 Å². The van der Waals surface area contributed by atoms with Crippen LogP contribution in [-0.4, -0.2) is 30.3 Å². The molecule has 0 saturated carbocycles. The molecule has 0 aliphatic heterocycles. The van der Waals surface area contributed by atoms with E-state index in [0.717, 1.165) is 21.5 Å². The molecule has 8 nitrogen and oxygen atoms in total. The number of rotatable bonds is 2. The van der Waals surface area contributed by atoms with Crippen molar-refractivity contribution in [3.05, 3.63) is 52.3 Å². The van der Waals surface area contributed by atoms with Gasteiger partial charge in [0, 0.05) is 7.05 Å². The van der Waals surface area contributed by atoms with E-state index in [0.29, 0.717) is 0 Å². The lowest BCUT2D eigenvalue weighted by Crippen LogP contribution is -2.27. The molecule has 10 heteroatoms. The van der Waals surface area contributed by atoms with Gasteiger partial charge in [0.15, 0.2) is 23.0 Å². The summed E-state index contributed by atoms with van der Waals surface area (Å²) >= 11 is 0. The molecule has 3 rings (SSSR count). The molecule has 3 aromatic rings. The number of aryl methyl sites for hydroxylation is 1. The van der Waals surface area contributed by atoms with Gasteiger partial charge in [-0.05, 0) is 12.1 Å². The second-order valence-corrected chi connectivity index (χ2v) is 4.34. The molecule has 0 aliphatic rings. The third-order valence-corrected chi connectivity index (χ3v) is 2.91. The highest BCUT2D eigenvalue weighted by atomic mass is 19.2. The summed E-state index contributed by atoms with van der Waals surface area (Å²) < 4.78 is 28.6. The topological polar surface area (TPSA) is 94.2 Å². The van der Waals surface area contributed by atoms with Gasteiger partial charge < -0.3 is 5.32 Å². The molecule has 112 valence electrons. The summed E-state index contributed by atoms with van der Waals surface area (Å²) in [4.78, 5) is 27.6. The van der Waals surface area contributed by atoms with E-state index in [1.165, 1.54) is 19.2 Å². The van der Waals surface area contributed by atoms with E-state index in [1.54, 1.807) is 0 Å². The van der Waals surface area contributed by atoms with Crippen LogP contribution in [0.4, 0.5) is 14.5 Å². The number of anilines is 1. The van der Waals surface area contributed by atoms with E-state index in [4.69, 9.17) is 0 Å². The third kappa shape index (κ3) is 2.10. The molecule has 0 atom stereocenters. The summed E-state index contributed by atoms with van der Waals surface area (Å²) in [6.45, 7) is 0. The lowest BCUT2D eigenvalue weighted by Gasteiger charge is -2.05. The molecule has 0 bridgehead atoms. The van der Waals surface area contributed by atoms with Gasteiger partial charge in [0.05, 0.1) is 5.69 Å². The molecule has 0 unspecified atom stereocenters. The zero-order valence-corrected chi connectivity index (χ0v) is 11.1. The van der Waals surface area contributed by atoms with Gasteiger partial charge in [-0.25, -0.2) is 23.0 Å². The predicted molar refractivity (Wildman–Crippen MR) is 70.3 cm³/mol. The van der Waals surface area contributed by atoms with Crippen molar-refractivity contribution in [2.45, 2.75) is 0 Å². The summed E-state index contributed by atoms with van der Waals surface area (Å²) in [5.74, 6) is -3.13. The van der Waals surface area contributed by atoms with E-state index in [-0.39, 0.29) is 17.0 Å². The van der Waals surface area contributed by atoms with Crippen LogP contribution in [0.3, 0.4) is 0 Å². The van der Waals surface area contributed by atoms with Crippen LogP contribution >= 0.6 is 0 Å². The first kappa shape index (κ1) is 13.8. The fraction of sp³-hybridized carbons (Fsp3) is 0.0833. The van der Waals surface area contributed by atoms with Crippen molar-refractivity contribution >= 4 is 17.2 Å². The number of fused-ring (bicyclic) bond motifs is 1. The second kappa shape index (κ2) is 4.98. The van der Waals surface area contributed by atoms with Crippen LogP contribution in [0.2, 0.25) is 0 Å². The Morgan fingerprint density at radius 1 is 1.32 bits per heavy atom. The third-order valence-electron chi connectivity index (χ3n) is 2.91. The van der Waals surface area contributed by atoms with E-state index >= 15 is 0 Å². The van der Waals surface area contributed by atoms with Gasteiger partial charge in [0.1, 0.15) is 6.33 Å². The number of hydrogen-bond donors (Lipinski definition) is 1. The minimum absolute atomic E-state index is 0.0857. The molecule has 0 aliphatic carbocycles. The Hall–Kier alpha value is -3.17. The van der Waals surface area contributed by atoms with Crippen molar-refractivity contribution in [1.29, 1.82) is 0 Å². The predicted octanol–water partition coefficient (Wildman–Crippen LogP) is 0.353. The Bertz CT molecular complexity index is 948. The first-order valence-electron chi connectivity index (χ1n) is 6.01. The molecule has 0 radical (unpaired) electrons. The quantitative estimate of drug-likeness (QED) is 0.737. The van der Waals surface area contributed by atoms with Gasteiger partial charge in [-0.15, -0.1) is 5.10 Å². The average Bonchev–Trinajstić information content (AvgIpc) is 2.92. The standard InChI is InChI=1S/C12H8F2N6O2/c1-19-12(22)20-5-15-9(10(20)17-18-19)11(21)16-7-4-2-3-6(13)8(7)14/h2-5H,1H3,(H,16,21). The monoisotopic (exact) mass is 306 g/mol. The van der Waals surface area contributed by atoms with Crippen LogP contribution in [-0.2, 0) is 7.05 Å². The van der Waals surface area contributed by atoms with Crippen LogP contribution in [0.25, 0.3) is 5.65 Å². The highest BCUT2D eigenvalue weighted by Gasteiger charge is 2.19. The molecular formula is C12H8F2N6O2. The maximum Gasteiger partial charge on any atom is 0.352 e. The first-order valence-corrected chi connectivity index (χ1v) is 6.01. The number of nitrogens with zero attached hydrogens (tertiary/aromatic N) is 5. The van der Waals surface area contributed by atoms with Gasteiger partial charge >= 0.3 is 5.69 Å². The molecular weight excluding hydrogens is 298 g/mol. The number of aromatic nitrogens is 5. The van der Waals surface area contributed by atoms with Crippen LogP contribution < -0.4 is 11.0 Å². The first-order chi connectivity index (χ1) is 10.5. The van der Waals surface area contributed by atoms with Crippen molar-refractivity contribution in [1.82, 2.24) is 24.4 Å². The SMILES string of the molecule is Cn1nnc2c(C(=O)Nc3cccc(F)c3F)ncn2c1=O. The van der Waals surface area contributed by atoms with Crippen molar-refractivity contribution in [3.8, 4) is 0 Å². The highest BCUT2D eigenvalue weighted by molar-refractivity contribution is 6.06. The van der Waals surface area contributed by atoms with E-state index in [9.17, 15) is 18.4 Å². The van der Waals surface area contributed by atoms with Crippen LogP contribution in [0, 0.1) is 11.6 Å². The summed E-state index contributed by atoms with van der Waals surface area (Å²) in [6, 6.07) is 3.36. The smallest absolute Gasteiger partial charge is 0.318 e. The highest BCUT2D eigenvalue weighted by Crippen LogP contribution is 2.17. The van der Waals surface area contributed by atoms with Gasteiger partial charge in [-0.1, -0.05) is 11.3 Å². The summed E-state index contributed by atoms with van der Waals surface area (Å²) in [6.07, 6.45) is 1.10. The number of carbonyl (C=O) groups excluding carboxylic acids is 1. The number of imidazole rings is 1. The van der Waals surface area contributed by atoms with Crippen molar-refractivity contribution in [3.63, 3.8) is 0 Å². The Labute approximate surface area is 121 Å². The lowest BCUT2D eigenvalue weighted by molar-refractivity contribution is 0.102. The largest absolute Gasteiger partial charge is 0.352 e. The number of nitrogens with one attached hydrogen (secondary N) is 1. The van der Waals surface area contributed by atoms with Gasteiger partial charge in [-0.3, -0.25) is 4.79 Å². The maximum atomic E-state index is 13.5. The fourth-order valence-electron chi connectivity index (χ4n) is 1.82. The normalized spacial score (nSPS) is 10.9. The zero-order chi connectivity index (χ0) is 15.9. The van der Waals surface area contributed by atoms with Crippen LogP contribution in [0.5, 0.6) is 0 Å². The summed E-state index contributed by atoms with van der Waals surface area (Å²) in [5.41, 5.74) is -1.21. The van der Waals surface area contributed by atoms with E-state index in [1.807, 2.05) is 0 Å². The Balaban J connectivity index is 2.01. The van der Waals surface area contributed by atoms with Gasteiger partial charge in [-0.2, -0.15) is 4.68 Å². The average molecular weight is 306 g/mol. The molecule has 2 heterocycles. The fourth-order valence-corrected chi connectivity index (χ4v) is 1.82. The molecule has 1 N–H and O–H groups in total. The summed E-state index contributed by atoms with van der Waals surface area (Å²) in [7, 11) is 1.39. The van der Waals surface area contributed by atoms with Crippen LogP contribution in [0.1, 0.15) is 10.5 Å². The van der Waals surface area contributed by atoms with E-state index in [2.05, 4.69) is 20.6 Å². The molecule has 0 fully saturated rings. The molecule has 1 aromatic carbocycles.